The van der Waals surface area contributed by atoms with Gasteiger partial charge in [-0.05, 0) is 76.7 Å². The smallest absolute Gasteiger partial charge is 0.321 e. The van der Waals surface area contributed by atoms with Crippen molar-refractivity contribution in [2.24, 2.45) is 5.92 Å². The standard InChI is InChI=1S/C50H92O2/c1-3-5-7-9-11-13-15-17-19-21-23-25-27-29-31-33-35-37-39-41-43-45-47-49-48(50(51)52-49)46-44-42-40-38-36-34-32-30-28-26-24-22-20-18-16-14-12-10-8-6-4-2/h29-32,47-48H,3-28,33-46H2,1-2H3/b31-29+,32-30+,49-47+. The zero-order chi connectivity index (χ0) is 37.3. The van der Waals surface area contributed by atoms with Gasteiger partial charge in [0.15, 0.2) is 0 Å². The van der Waals surface area contributed by atoms with Crippen LogP contribution >= 0.6 is 0 Å². The second kappa shape index (κ2) is 40.9. The molecule has 1 saturated heterocycles. The Morgan fingerprint density at radius 3 is 0.942 bits per heavy atom. The Balaban J connectivity index is 1.82. The summed E-state index contributed by atoms with van der Waals surface area (Å²) in [5.41, 5.74) is 0. The van der Waals surface area contributed by atoms with Gasteiger partial charge in [0.2, 0.25) is 0 Å². The molecule has 0 radical (unpaired) electrons. The molecule has 1 rings (SSSR count). The summed E-state index contributed by atoms with van der Waals surface area (Å²) >= 11 is 0. The highest BCUT2D eigenvalue weighted by atomic mass is 16.6. The molecule has 1 fully saturated rings. The maximum atomic E-state index is 12.0. The number of ether oxygens (including phenoxy) is 1. The Morgan fingerprint density at radius 1 is 0.365 bits per heavy atom. The molecule has 0 aromatic heterocycles. The number of hydrogen-bond donors (Lipinski definition) is 0. The first-order valence-electron chi connectivity index (χ1n) is 24.0. The summed E-state index contributed by atoms with van der Waals surface area (Å²) in [5.74, 6) is 1.04. The normalized spacial score (nSPS) is 15.4. The lowest BCUT2D eigenvalue weighted by Gasteiger charge is -2.28. The van der Waals surface area contributed by atoms with E-state index >= 15 is 0 Å². The number of allylic oxidation sites excluding steroid dienone is 5. The lowest BCUT2D eigenvalue weighted by atomic mass is 9.93. The van der Waals surface area contributed by atoms with E-state index < -0.39 is 0 Å². The molecule has 2 heteroatoms. The summed E-state index contributed by atoms with van der Waals surface area (Å²) in [6.45, 7) is 4.60. The first kappa shape index (κ1) is 48.7. The van der Waals surface area contributed by atoms with Crippen molar-refractivity contribution in [3.05, 3.63) is 36.1 Å². The van der Waals surface area contributed by atoms with Crippen molar-refractivity contribution >= 4 is 5.97 Å². The fourth-order valence-corrected chi connectivity index (χ4v) is 7.76. The first-order valence-corrected chi connectivity index (χ1v) is 24.0. The predicted octanol–water partition coefficient (Wildman–Crippen LogP) is 17.8. The van der Waals surface area contributed by atoms with E-state index in [1.807, 2.05) is 0 Å². The minimum atomic E-state index is 0.0106. The molecule has 1 aliphatic rings. The Kier molecular flexibility index (Phi) is 38.3. The van der Waals surface area contributed by atoms with Gasteiger partial charge < -0.3 is 4.74 Å². The van der Waals surface area contributed by atoms with Crippen LogP contribution in [-0.4, -0.2) is 5.97 Å². The van der Waals surface area contributed by atoms with Gasteiger partial charge in [0.1, 0.15) is 11.7 Å². The fraction of sp³-hybridized carbons (Fsp3) is 0.860. The molecule has 2 nitrogen and oxygen atoms in total. The van der Waals surface area contributed by atoms with Crippen LogP contribution in [0.3, 0.4) is 0 Å². The number of rotatable bonds is 42. The maximum Gasteiger partial charge on any atom is 0.321 e. The highest BCUT2D eigenvalue weighted by molar-refractivity contribution is 5.82. The first-order chi connectivity index (χ1) is 25.8. The van der Waals surface area contributed by atoms with Crippen LogP contribution in [-0.2, 0) is 9.53 Å². The lowest BCUT2D eigenvalue weighted by Crippen LogP contribution is -2.32. The van der Waals surface area contributed by atoms with E-state index in [2.05, 4.69) is 44.2 Å². The minimum Gasteiger partial charge on any atom is -0.430 e. The van der Waals surface area contributed by atoms with Crippen LogP contribution in [0.2, 0.25) is 0 Å². The van der Waals surface area contributed by atoms with Crippen LogP contribution < -0.4 is 0 Å². The van der Waals surface area contributed by atoms with Crippen molar-refractivity contribution in [3.63, 3.8) is 0 Å². The molecule has 0 aromatic rings. The van der Waals surface area contributed by atoms with Crippen molar-refractivity contribution in [3.8, 4) is 0 Å². The fourth-order valence-electron chi connectivity index (χ4n) is 7.76. The van der Waals surface area contributed by atoms with E-state index in [-0.39, 0.29) is 11.9 Å². The van der Waals surface area contributed by atoms with Crippen LogP contribution in [0.5, 0.6) is 0 Å². The Hall–Kier alpha value is -1.31. The van der Waals surface area contributed by atoms with Crippen LogP contribution in [0.15, 0.2) is 36.1 Å². The van der Waals surface area contributed by atoms with Crippen molar-refractivity contribution in [1.82, 2.24) is 0 Å². The van der Waals surface area contributed by atoms with Gasteiger partial charge in [-0.15, -0.1) is 0 Å². The van der Waals surface area contributed by atoms with E-state index in [9.17, 15) is 4.79 Å². The number of unbranched alkanes of at least 4 members (excludes halogenated alkanes) is 35. The monoisotopic (exact) mass is 725 g/mol. The molecule has 0 saturated carbocycles. The third-order valence-corrected chi connectivity index (χ3v) is 11.4. The number of esters is 1. The van der Waals surface area contributed by atoms with Crippen LogP contribution in [0.4, 0.5) is 0 Å². The molecule has 1 heterocycles. The molecule has 0 bridgehead atoms. The molecule has 1 aliphatic heterocycles. The topological polar surface area (TPSA) is 26.3 Å². The molecule has 1 unspecified atom stereocenters. The molecule has 0 amide bonds. The molecule has 0 aromatic carbocycles. The SMILES string of the molecule is CCCCCCCCCCCCCC/C=C/CCCCCCC/C=C1/OC(=O)C1CCCCCCC/C=C/CCCCCCCCCCCCCC. The van der Waals surface area contributed by atoms with Crippen LogP contribution in [0.1, 0.15) is 271 Å². The Bertz CT molecular complexity index is 822. The minimum absolute atomic E-state index is 0.0106. The van der Waals surface area contributed by atoms with Crippen LogP contribution in [0.25, 0.3) is 0 Å². The number of hydrogen-bond acceptors (Lipinski definition) is 2. The van der Waals surface area contributed by atoms with Crippen molar-refractivity contribution in [2.45, 2.75) is 271 Å². The molecular weight excluding hydrogens is 633 g/mol. The van der Waals surface area contributed by atoms with Crippen LogP contribution in [0, 0.1) is 5.92 Å². The van der Waals surface area contributed by atoms with Gasteiger partial charge in [-0.25, -0.2) is 0 Å². The molecule has 1 atom stereocenters. The summed E-state index contributed by atoms with van der Waals surface area (Å²) in [6, 6.07) is 0. The molecule has 52 heavy (non-hydrogen) atoms. The highest BCUT2D eigenvalue weighted by Crippen LogP contribution is 2.32. The Labute approximate surface area is 327 Å². The van der Waals surface area contributed by atoms with Gasteiger partial charge in [0.25, 0.3) is 0 Å². The third kappa shape index (κ3) is 33.3. The quantitative estimate of drug-likeness (QED) is 0.0356. The van der Waals surface area contributed by atoms with Gasteiger partial charge in [-0.3, -0.25) is 4.79 Å². The number of cyclic esters (lactones) is 1. The molecule has 0 N–H and O–H groups in total. The van der Waals surface area contributed by atoms with Crippen molar-refractivity contribution < 1.29 is 9.53 Å². The van der Waals surface area contributed by atoms with E-state index in [1.54, 1.807) is 0 Å². The summed E-state index contributed by atoms with van der Waals surface area (Å²) in [5, 5.41) is 0. The molecular formula is C50H92O2. The zero-order valence-electron chi connectivity index (χ0n) is 35.6. The van der Waals surface area contributed by atoms with E-state index in [0.717, 1.165) is 25.0 Å². The average molecular weight is 725 g/mol. The second-order valence-corrected chi connectivity index (χ2v) is 16.6. The van der Waals surface area contributed by atoms with Gasteiger partial charge in [-0.2, -0.15) is 0 Å². The number of carbonyl (C=O) groups is 1. The summed E-state index contributed by atoms with van der Waals surface area (Å²) in [7, 11) is 0. The summed E-state index contributed by atoms with van der Waals surface area (Å²) in [4.78, 5) is 12.0. The van der Waals surface area contributed by atoms with Gasteiger partial charge in [0.05, 0.1) is 0 Å². The highest BCUT2D eigenvalue weighted by Gasteiger charge is 2.36. The van der Waals surface area contributed by atoms with E-state index in [1.165, 1.54) is 238 Å². The van der Waals surface area contributed by atoms with Crippen molar-refractivity contribution in [2.75, 3.05) is 0 Å². The average Bonchev–Trinajstić information content (AvgIpc) is 3.15. The third-order valence-electron chi connectivity index (χ3n) is 11.4. The van der Waals surface area contributed by atoms with Crippen molar-refractivity contribution in [1.29, 1.82) is 0 Å². The second-order valence-electron chi connectivity index (χ2n) is 16.6. The number of carbonyl (C=O) groups excluding carboxylic acids is 1. The maximum absolute atomic E-state index is 12.0. The summed E-state index contributed by atoms with van der Waals surface area (Å²) in [6.07, 6.45) is 66.1. The Morgan fingerprint density at radius 2 is 0.635 bits per heavy atom. The summed E-state index contributed by atoms with van der Waals surface area (Å²) < 4.78 is 5.40. The molecule has 0 aliphatic carbocycles. The lowest BCUT2D eigenvalue weighted by molar-refractivity contribution is -0.157. The van der Waals surface area contributed by atoms with Gasteiger partial charge in [0, 0.05) is 0 Å². The van der Waals surface area contributed by atoms with Gasteiger partial charge in [-0.1, -0.05) is 224 Å². The zero-order valence-corrected chi connectivity index (χ0v) is 35.6. The molecule has 304 valence electrons. The van der Waals surface area contributed by atoms with E-state index in [4.69, 9.17) is 4.74 Å². The largest absolute Gasteiger partial charge is 0.430 e. The van der Waals surface area contributed by atoms with E-state index in [0.29, 0.717) is 0 Å². The predicted molar refractivity (Wildman–Crippen MR) is 232 cm³/mol. The van der Waals surface area contributed by atoms with Gasteiger partial charge >= 0.3 is 5.97 Å². The molecule has 0 spiro atoms.